The molecule has 0 aliphatic heterocycles. The smallest absolute Gasteiger partial charge is 0.137 e. The molecule has 120 valence electrons. The molecule has 2 nitrogen and oxygen atoms in total. The lowest BCUT2D eigenvalue weighted by molar-refractivity contribution is 0.307. The van der Waals surface area contributed by atoms with Gasteiger partial charge in [0.15, 0.2) is 0 Å². The molecule has 2 unspecified atom stereocenters. The number of benzene rings is 1. The number of halogens is 1. The van der Waals surface area contributed by atoms with Gasteiger partial charge in [0.2, 0.25) is 0 Å². The number of nitrogens with zero attached hydrogens (tertiary/aromatic N) is 1. The van der Waals surface area contributed by atoms with Gasteiger partial charge in [0.25, 0.3) is 0 Å². The van der Waals surface area contributed by atoms with Crippen LogP contribution >= 0.6 is 11.6 Å². The summed E-state index contributed by atoms with van der Waals surface area (Å²) in [6, 6.07) is 6.29. The summed E-state index contributed by atoms with van der Waals surface area (Å²) in [5.41, 5.74) is 1.31. The lowest BCUT2D eigenvalue weighted by atomic mass is 9.85. The van der Waals surface area contributed by atoms with Gasteiger partial charge in [0, 0.05) is 6.54 Å². The van der Waals surface area contributed by atoms with E-state index in [1.54, 1.807) is 0 Å². The van der Waals surface area contributed by atoms with Crippen LogP contribution in [0.1, 0.15) is 51.5 Å². The van der Waals surface area contributed by atoms with Crippen molar-refractivity contribution in [1.82, 2.24) is 4.90 Å². The predicted octanol–water partition coefficient (Wildman–Crippen LogP) is 5.21. The summed E-state index contributed by atoms with van der Waals surface area (Å²) in [6.45, 7) is 8.50. The molecule has 0 amide bonds. The fourth-order valence-corrected chi connectivity index (χ4v) is 2.73. The fourth-order valence-electron chi connectivity index (χ4n) is 2.48. The van der Waals surface area contributed by atoms with Crippen molar-refractivity contribution in [1.29, 1.82) is 0 Å². The molecule has 0 heterocycles. The van der Waals surface area contributed by atoms with Gasteiger partial charge < -0.3 is 9.64 Å². The SMILES string of the molecule is CCCCOc1ccc(C(CN(C)C)C(C)CC)cc1Cl. The van der Waals surface area contributed by atoms with Crippen LogP contribution in [0.4, 0.5) is 0 Å². The molecule has 0 saturated heterocycles. The Morgan fingerprint density at radius 2 is 1.95 bits per heavy atom. The zero-order chi connectivity index (χ0) is 15.8. The highest BCUT2D eigenvalue weighted by Gasteiger charge is 2.20. The van der Waals surface area contributed by atoms with Crippen molar-refractivity contribution in [2.45, 2.75) is 46.0 Å². The van der Waals surface area contributed by atoms with Gasteiger partial charge in [-0.3, -0.25) is 0 Å². The van der Waals surface area contributed by atoms with Crippen LogP contribution < -0.4 is 4.74 Å². The molecule has 1 aromatic carbocycles. The number of rotatable bonds is 9. The van der Waals surface area contributed by atoms with E-state index in [1.165, 1.54) is 12.0 Å². The van der Waals surface area contributed by atoms with Crippen LogP contribution in [0.5, 0.6) is 5.75 Å². The standard InChI is InChI=1S/C18H30ClNO/c1-6-8-11-21-18-10-9-15(12-17(18)19)16(13-20(4)5)14(3)7-2/h9-10,12,14,16H,6-8,11,13H2,1-5H3. The molecule has 0 fully saturated rings. The molecular weight excluding hydrogens is 282 g/mol. The predicted molar refractivity (Wildman–Crippen MR) is 92.6 cm³/mol. The summed E-state index contributed by atoms with van der Waals surface area (Å²) < 4.78 is 5.74. The van der Waals surface area contributed by atoms with E-state index in [2.05, 4.69) is 51.9 Å². The molecule has 21 heavy (non-hydrogen) atoms. The van der Waals surface area contributed by atoms with E-state index >= 15 is 0 Å². The zero-order valence-electron chi connectivity index (χ0n) is 14.2. The Morgan fingerprint density at radius 1 is 1.24 bits per heavy atom. The maximum atomic E-state index is 6.40. The summed E-state index contributed by atoms with van der Waals surface area (Å²) in [5.74, 6) is 1.95. The summed E-state index contributed by atoms with van der Waals surface area (Å²) in [6.07, 6.45) is 3.37. The van der Waals surface area contributed by atoms with Crippen LogP contribution in [0.25, 0.3) is 0 Å². The minimum Gasteiger partial charge on any atom is -0.492 e. The van der Waals surface area contributed by atoms with E-state index in [-0.39, 0.29) is 0 Å². The van der Waals surface area contributed by atoms with E-state index in [1.807, 2.05) is 6.07 Å². The van der Waals surface area contributed by atoms with Crippen molar-refractivity contribution >= 4 is 11.6 Å². The van der Waals surface area contributed by atoms with E-state index < -0.39 is 0 Å². The normalized spacial score (nSPS) is 14.2. The first-order chi connectivity index (χ1) is 9.99. The Balaban J connectivity index is 2.87. The van der Waals surface area contributed by atoms with Crippen molar-refractivity contribution in [2.75, 3.05) is 27.2 Å². The van der Waals surface area contributed by atoms with E-state index in [0.29, 0.717) is 11.8 Å². The molecule has 2 atom stereocenters. The van der Waals surface area contributed by atoms with Crippen LogP contribution in [0.15, 0.2) is 18.2 Å². The third-order valence-corrected chi connectivity index (χ3v) is 4.33. The van der Waals surface area contributed by atoms with Crippen LogP contribution in [0.3, 0.4) is 0 Å². The Kier molecular flexibility index (Phi) is 8.13. The van der Waals surface area contributed by atoms with E-state index in [4.69, 9.17) is 16.3 Å². The van der Waals surface area contributed by atoms with Crippen molar-refractivity contribution in [2.24, 2.45) is 5.92 Å². The number of likely N-dealkylation sites (N-methyl/N-ethyl adjacent to an activating group) is 1. The second kappa shape index (κ2) is 9.32. The maximum Gasteiger partial charge on any atom is 0.137 e. The van der Waals surface area contributed by atoms with Gasteiger partial charge in [-0.2, -0.15) is 0 Å². The molecule has 0 aliphatic carbocycles. The summed E-state index contributed by atoms with van der Waals surface area (Å²) >= 11 is 6.40. The Labute approximate surface area is 135 Å². The summed E-state index contributed by atoms with van der Waals surface area (Å²) in [5, 5.41) is 0.732. The van der Waals surface area contributed by atoms with Crippen LogP contribution in [-0.4, -0.2) is 32.1 Å². The molecule has 0 bridgehead atoms. The molecular formula is C18H30ClNO. The summed E-state index contributed by atoms with van der Waals surface area (Å²) in [7, 11) is 4.25. The molecule has 0 aliphatic rings. The topological polar surface area (TPSA) is 12.5 Å². The average Bonchev–Trinajstić information content (AvgIpc) is 2.45. The lowest BCUT2D eigenvalue weighted by Gasteiger charge is -2.27. The van der Waals surface area contributed by atoms with Crippen LogP contribution in [-0.2, 0) is 0 Å². The molecule has 3 heteroatoms. The molecule has 0 N–H and O–H groups in total. The Bertz CT molecular complexity index is 420. The number of hydrogen-bond donors (Lipinski definition) is 0. The van der Waals surface area contributed by atoms with Gasteiger partial charge in [-0.25, -0.2) is 0 Å². The molecule has 0 aromatic heterocycles. The van der Waals surface area contributed by atoms with Crippen molar-refractivity contribution in [3.63, 3.8) is 0 Å². The minimum atomic E-state index is 0.507. The van der Waals surface area contributed by atoms with E-state index in [9.17, 15) is 0 Å². The molecule has 0 saturated carbocycles. The highest BCUT2D eigenvalue weighted by Crippen LogP contribution is 2.33. The Morgan fingerprint density at radius 3 is 2.48 bits per heavy atom. The van der Waals surface area contributed by atoms with Gasteiger partial charge in [-0.1, -0.05) is 51.3 Å². The van der Waals surface area contributed by atoms with Gasteiger partial charge in [-0.15, -0.1) is 0 Å². The number of unbranched alkanes of at least 4 members (excludes halogenated alkanes) is 1. The first-order valence-corrected chi connectivity index (χ1v) is 8.44. The molecule has 0 radical (unpaired) electrons. The lowest BCUT2D eigenvalue weighted by Crippen LogP contribution is -2.24. The first kappa shape index (κ1) is 18.3. The Hall–Kier alpha value is -0.730. The van der Waals surface area contributed by atoms with Crippen molar-refractivity contribution in [3.05, 3.63) is 28.8 Å². The van der Waals surface area contributed by atoms with Crippen molar-refractivity contribution < 1.29 is 4.74 Å². The minimum absolute atomic E-state index is 0.507. The average molecular weight is 312 g/mol. The monoisotopic (exact) mass is 311 g/mol. The second-order valence-corrected chi connectivity index (χ2v) is 6.55. The van der Waals surface area contributed by atoms with Gasteiger partial charge >= 0.3 is 0 Å². The first-order valence-electron chi connectivity index (χ1n) is 8.06. The third kappa shape index (κ3) is 5.88. The highest BCUT2D eigenvalue weighted by atomic mass is 35.5. The largest absolute Gasteiger partial charge is 0.492 e. The van der Waals surface area contributed by atoms with Crippen LogP contribution in [0, 0.1) is 5.92 Å². The van der Waals surface area contributed by atoms with Crippen molar-refractivity contribution in [3.8, 4) is 5.75 Å². The van der Waals surface area contributed by atoms with Gasteiger partial charge in [0.1, 0.15) is 5.75 Å². The number of hydrogen-bond acceptors (Lipinski definition) is 2. The molecule has 0 spiro atoms. The second-order valence-electron chi connectivity index (χ2n) is 6.15. The molecule has 1 rings (SSSR count). The zero-order valence-corrected chi connectivity index (χ0v) is 14.9. The quantitative estimate of drug-likeness (QED) is 0.580. The van der Waals surface area contributed by atoms with Gasteiger partial charge in [-0.05, 0) is 50.0 Å². The maximum absolute atomic E-state index is 6.40. The van der Waals surface area contributed by atoms with E-state index in [0.717, 1.165) is 36.8 Å². The van der Waals surface area contributed by atoms with Gasteiger partial charge in [0.05, 0.1) is 11.6 Å². The van der Waals surface area contributed by atoms with Crippen LogP contribution in [0.2, 0.25) is 5.02 Å². The summed E-state index contributed by atoms with van der Waals surface area (Å²) in [4.78, 5) is 2.25. The third-order valence-electron chi connectivity index (χ3n) is 4.03. The number of ether oxygens (including phenoxy) is 1. The highest BCUT2D eigenvalue weighted by molar-refractivity contribution is 6.32. The molecule has 1 aromatic rings. The fraction of sp³-hybridized carbons (Fsp3) is 0.667.